The summed E-state index contributed by atoms with van der Waals surface area (Å²) in [6.07, 6.45) is -0.553. The molecular weight excluding hydrogens is 322 g/mol. The van der Waals surface area contributed by atoms with E-state index in [4.69, 9.17) is 4.74 Å². The molecule has 1 aliphatic rings. The molecule has 130 valence electrons. The van der Waals surface area contributed by atoms with E-state index in [1.165, 1.54) is 6.92 Å². The number of amides is 2. The van der Waals surface area contributed by atoms with Gasteiger partial charge in [-0.05, 0) is 51.5 Å². The third-order valence-corrected chi connectivity index (χ3v) is 4.18. The van der Waals surface area contributed by atoms with Crippen LogP contribution in [0.3, 0.4) is 0 Å². The molecule has 3 rings (SSSR count). The fourth-order valence-corrected chi connectivity index (χ4v) is 2.99. The SMILES string of the molecule is CC(=O)c1c(C)[nH]c(C(=O)Nc2ccc3c(c2)NC(=O)C(C)O3)c1C. The Morgan fingerprint density at radius 3 is 2.60 bits per heavy atom. The fourth-order valence-electron chi connectivity index (χ4n) is 2.99. The Bertz CT molecular complexity index is 898. The molecule has 1 unspecified atom stereocenters. The first-order chi connectivity index (χ1) is 11.8. The molecule has 2 amide bonds. The van der Waals surface area contributed by atoms with Crippen LogP contribution in [-0.4, -0.2) is 28.7 Å². The van der Waals surface area contributed by atoms with Gasteiger partial charge < -0.3 is 20.4 Å². The van der Waals surface area contributed by atoms with E-state index < -0.39 is 6.10 Å². The minimum absolute atomic E-state index is 0.0898. The zero-order valence-corrected chi connectivity index (χ0v) is 14.4. The first kappa shape index (κ1) is 16.8. The van der Waals surface area contributed by atoms with Crippen LogP contribution in [0.5, 0.6) is 5.75 Å². The number of aromatic nitrogens is 1. The highest BCUT2D eigenvalue weighted by Crippen LogP contribution is 2.32. The van der Waals surface area contributed by atoms with E-state index in [2.05, 4.69) is 15.6 Å². The quantitative estimate of drug-likeness (QED) is 0.747. The van der Waals surface area contributed by atoms with E-state index in [9.17, 15) is 14.4 Å². The number of aromatic amines is 1. The highest BCUT2D eigenvalue weighted by molar-refractivity contribution is 6.08. The number of benzene rings is 1. The second-order valence-electron chi connectivity index (χ2n) is 6.10. The van der Waals surface area contributed by atoms with Crippen LogP contribution in [0, 0.1) is 13.8 Å². The van der Waals surface area contributed by atoms with Crippen molar-refractivity contribution in [1.82, 2.24) is 4.98 Å². The fraction of sp³-hybridized carbons (Fsp3) is 0.278. The summed E-state index contributed by atoms with van der Waals surface area (Å²) in [7, 11) is 0. The minimum Gasteiger partial charge on any atom is -0.479 e. The highest BCUT2D eigenvalue weighted by Gasteiger charge is 2.24. The molecule has 1 aliphatic heterocycles. The van der Waals surface area contributed by atoms with Gasteiger partial charge in [0.15, 0.2) is 11.9 Å². The van der Waals surface area contributed by atoms with Crippen molar-refractivity contribution in [2.24, 2.45) is 0 Å². The average molecular weight is 341 g/mol. The Kier molecular flexibility index (Phi) is 4.08. The average Bonchev–Trinajstić information content (AvgIpc) is 2.83. The van der Waals surface area contributed by atoms with Crippen LogP contribution in [0.2, 0.25) is 0 Å². The molecule has 1 aromatic carbocycles. The zero-order chi connectivity index (χ0) is 18.3. The van der Waals surface area contributed by atoms with Gasteiger partial charge in [-0.15, -0.1) is 0 Å². The van der Waals surface area contributed by atoms with Crippen LogP contribution in [0.1, 0.15) is 46.0 Å². The minimum atomic E-state index is -0.553. The number of nitrogens with one attached hydrogen (secondary N) is 3. The van der Waals surface area contributed by atoms with Gasteiger partial charge in [0.1, 0.15) is 11.4 Å². The summed E-state index contributed by atoms with van der Waals surface area (Å²) < 4.78 is 5.48. The van der Waals surface area contributed by atoms with Crippen molar-refractivity contribution in [2.45, 2.75) is 33.8 Å². The summed E-state index contributed by atoms with van der Waals surface area (Å²) in [6, 6.07) is 5.01. The number of carbonyl (C=O) groups excluding carboxylic acids is 3. The molecule has 1 atom stereocenters. The molecule has 0 radical (unpaired) electrons. The Morgan fingerprint density at radius 1 is 1.24 bits per heavy atom. The smallest absolute Gasteiger partial charge is 0.272 e. The van der Waals surface area contributed by atoms with Crippen LogP contribution in [0.15, 0.2) is 18.2 Å². The number of anilines is 2. The Morgan fingerprint density at radius 2 is 1.96 bits per heavy atom. The predicted octanol–water partition coefficient (Wildman–Crippen LogP) is 2.81. The highest BCUT2D eigenvalue weighted by atomic mass is 16.5. The largest absolute Gasteiger partial charge is 0.479 e. The molecule has 7 nitrogen and oxygen atoms in total. The number of ketones is 1. The van der Waals surface area contributed by atoms with E-state index in [0.29, 0.717) is 39.6 Å². The zero-order valence-electron chi connectivity index (χ0n) is 14.4. The Hall–Kier alpha value is -3.09. The van der Waals surface area contributed by atoms with Crippen LogP contribution in [0.25, 0.3) is 0 Å². The van der Waals surface area contributed by atoms with Crippen LogP contribution in [0.4, 0.5) is 11.4 Å². The number of hydrogen-bond donors (Lipinski definition) is 3. The number of carbonyl (C=O) groups is 3. The van der Waals surface area contributed by atoms with Gasteiger partial charge in [0.2, 0.25) is 0 Å². The lowest BCUT2D eigenvalue weighted by Gasteiger charge is -2.23. The first-order valence-electron chi connectivity index (χ1n) is 7.91. The van der Waals surface area contributed by atoms with Gasteiger partial charge in [0.05, 0.1) is 5.69 Å². The standard InChI is InChI=1S/C18H19N3O4/c1-8-15(10(3)22)9(2)19-16(8)18(24)20-12-5-6-14-13(7-12)21-17(23)11(4)25-14/h5-7,11,19H,1-4H3,(H,20,24)(H,21,23). The van der Waals surface area contributed by atoms with Crippen molar-refractivity contribution in [2.75, 3.05) is 10.6 Å². The van der Waals surface area contributed by atoms with E-state index >= 15 is 0 Å². The van der Waals surface area contributed by atoms with Crippen LogP contribution >= 0.6 is 0 Å². The molecule has 2 heterocycles. The number of rotatable bonds is 3. The molecule has 0 fully saturated rings. The summed E-state index contributed by atoms with van der Waals surface area (Å²) >= 11 is 0. The molecule has 0 spiro atoms. The molecule has 1 aromatic heterocycles. The maximum atomic E-state index is 12.5. The van der Waals surface area contributed by atoms with Gasteiger partial charge in [-0.2, -0.15) is 0 Å². The number of hydrogen-bond acceptors (Lipinski definition) is 4. The van der Waals surface area contributed by atoms with Crippen molar-refractivity contribution in [3.8, 4) is 5.75 Å². The number of H-pyrrole nitrogens is 1. The molecule has 0 bridgehead atoms. The summed E-state index contributed by atoms with van der Waals surface area (Å²) in [6.45, 7) is 6.62. The van der Waals surface area contributed by atoms with Crippen LogP contribution < -0.4 is 15.4 Å². The first-order valence-corrected chi connectivity index (χ1v) is 7.91. The monoisotopic (exact) mass is 341 g/mol. The second-order valence-corrected chi connectivity index (χ2v) is 6.10. The number of Topliss-reactive ketones (excluding diaryl/α,β-unsaturated/α-hetero) is 1. The summed E-state index contributed by atoms with van der Waals surface area (Å²) in [4.78, 5) is 38.9. The van der Waals surface area contributed by atoms with Crippen LogP contribution in [-0.2, 0) is 4.79 Å². The van der Waals surface area contributed by atoms with Gasteiger partial charge >= 0.3 is 0 Å². The molecule has 3 N–H and O–H groups in total. The van der Waals surface area contributed by atoms with Gasteiger partial charge in [0.25, 0.3) is 11.8 Å². The lowest BCUT2D eigenvalue weighted by Crippen LogP contribution is -2.34. The summed E-state index contributed by atoms with van der Waals surface area (Å²) in [5.74, 6) is -0.133. The topological polar surface area (TPSA) is 100 Å². The lowest BCUT2D eigenvalue weighted by atomic mass is 10.1. The van der Waals surface area contributed by atoms with E-state index in [-0.39, 0.29) is 17.6 Å². The normalized spacial score (nSPS) is 15.8. The Balaban J connectivity index is 1.85. The predicted molar refractivity (Wildman–Crippen MR) is 93.4 cm³/mol. The number of aryl methyl sites for hydroxylation is 1. The van der Waals surface area contributed by atoms with Crippen molar-refractivity contribution in [3.63, 3.8) is 0 Å². The van der Waals surface area contributed by atoms with Crippen molar-refractivity contribution < 1.29 is 19.1 Å². The summed E-state index contributed by atoms with van der Waals surface area (Å²) in [5, 5.41) is 5.50. The molecule has 0 saturated carbocycles. The third kappa shape index (κ3) is 3.00. The third-order valence-electron chi connectivity index (χ3n) is 4.18. The number of fused-ring (bicyclic) bond motifs is 1. The van der Waals surface area contributed by atoms with E-state index in [1.807, 2.05) is 0 Å². The van der Waals surface area contributed by atoms with E-state index in [1.54, 1.807) is 39.0 Å². The molecule has 25 heavy (non-hydrogen) atoms. The van der Waals surface area contributed by atoms with Gasteiger partial charge in [0, 0.05) is 16.9 Å². The van der Waals surface area contributed by atoms with Gasteiger partial charge in [-0.25, -0.2) is 0 Å². The molecule has 0 aliphatic carbocycles. The Labute approximate surface area is 144 Å². The molecular formula is C18H19N3O4. The second kappa shape index (κ2) is 6.08. The lowest BCUT2D eigenvalue weighted by molar-refractivity contribution is -0.122. The van der Waals surface area contributed by atoms with Crippen molar-refractivity contribution in [1.29, 1.82) is 0 Å². The van der Waals surface area contributed by atoms with Gasteiger partial charge in [-0.1, -0.05) is 0 Å². The van der Waals surface area contributed by atoms with Crippen molar-refractivity contribution >= 4 is 29.0 Å². The van der Waals surface area contributed by atoms with Crippen molar-refractivity contribution in [3.05, 3.63) is 40.7 Å². The molecule has 2 aromatic rings. The molecule has 7 heteroatoms. The number of ether oxygens (including phenoxy) is 1. The van der Waals surface area contributed by atoms with Gasteiger partial charge in [-0.3, -0.25) is 14.4 Å². The summed E-state index contributed by atoms with van der Waals surface area (Å²) in [5.41, 5.74) is 3.17. The van der Waals surface area contributed by atoms with E-state index in [0.717, 1.165) is 0 Å². The maximum Gasteiger partial charge on any atom is 0.272 e. The maximum absolute atomic E-state index is 12.5. The molecule has 0 saturated heterocycles.